The molecule has 24 heavy (non-hydrogen) atoms. The van der Waals surface area contributed by atoms with Gasteiger partial charge in [0.25, 0.3) is 0 Å². The van der Waals surface area contributed by atoms with Gasteiger partial charge in [0, 0.05) is 19.6 Å². The molecule has 0 bridgehead atoms. The lowest BCUT2D eigenvalue weighted by atomic mass is 10.2. The van der Waals surface area contributed by atoms with Crippen molar-refractivity contribution in [2.24, 2.45) is 0 Å². The van der Waals surface area contributed by atoms with E-state index in [9.17, 15) is 13.2 Å². The molecule has 0 radical (unpaired) electrons. The largest absolute Gasteiger partial charge is 0.481 e. The molecule has 1 fully saturated rings. The molecule has 8 heteroatoms. The quantitative estimate of drug-likeness (QED) is 0.890. The third-order valence-corrected chi connectivity index (χ3v) is 6.26. The molecule has 0 saturated carbocycles. The van der Waals surface area contributed by atoms with Gasteiger partial charge < -0.3 is 9.67 Å². The highest BCUT2D eigenvalue weighted by molar-refractivity contribution is 7.89. The van der Waals surface area contributed by atoms with E-state index in [2.05, 4.69) is 4.98 Å². The number of aryl methyl sites for hydroxylation is 1. The molecule has 130 valence electrons. The first-order chi connectivity index (χ1) is 11.5. The zero-order valence-corrected chi connectivity index (χ0v) is 14.2. The van der Waals surface area contributed by atoms with Gasteiger partial charge in [-0.15, -0.1) is 0 Å². The second-order valence-corrected chi connectivity index (χ2v) is 7.99. The Kier molecular flexibility index (Phi) is 4.86. The molecule has 1 N–H and O–H groups in total. The van der Waals surface area contributed by atoms with E-state index in [1.54, 1.807) is 33.4 Å². The predicted octanol–water partition coefficient (Wildman–Crippen LogP) is 2.08. The fourth-order valence-electron chi connectivity index (χ4n) is 3.03. The number of fused-ring (bicyclic) bond motifs is 1. The molecule has 0 atom stereocenters. The van der Waals surface area contributed by atoms with E-state index < -0.39 is 16.0 Å². The molecule has 0 aliphatic carbocycles. The van der Waals surface area contributed by atoms with Gasteiger partial charge in [0.2, 0.25) is 10.0 Å². The molecular weight excluding hydrogens is 330 g/mol. The number of carboxylic acid groups (broad SMARTS) is 1. The van der Waals surface area contributed by atoms with E-state index in [-0.39, 0.29) is 11.3 Å². The topological polar surface area (TPSA) is 92.5 Å². The summed E-state index contributed by atoms with van der Waals surface area (Å²) in [5, 5.41) is 8.78. The molecule has 1 aromatic heterocycles. The van der Waals surface area contributed by atoms with Crippen LogP contribution in [0.1, 0.15) is 32.1 Å². The van der Waals surface area contributed by atoms with Crippen molar-refractivity contribution in [2.45, 2.75) is 43.5 Å². The van der Waals surface area contributed by atoms with Crippen LogP contribution < -0.4 is 0 Å². The van der Waals surface area contributed by atoms with Crippen molar-refractivity contribution in [1.29, 1.82) is 0 Å². The van der Waals surface area contributed by atoms with Crippen LogP contribution in [0.15, 0.2) is 29.4 Å². The number of imidazole rings is 1. The van der Waals surface area contributed by atoms with Crippen LogP contribution in [0, 0.1) is 0 Å². The van der Waals surface area contributed by atoms with Gasteiger partial charge in [-0.3, -0.25) is 4.79 Å². The number of benzene rings is 1. The predicted molar refractivity (Wildman–Crippen MR) is 89.2 cm³/mol. The number of carboxylic acids is 1. The first-order valence-corrected chi connectivity index (χ1v) is 9.59. The van der Waals surface area contributed by atoms with Crippen molar-refractivity contribution < 1.29 is 18.3 Å². The van der Waals surface area contributed by atoms with Gasteiger partial charge in [0.05, 0.1) is 28.7 Å². The fraction of sp³-hybridized carbons (Fsp3) is 0.500. The van der Waals surface area contributed by atoms with Crippen LogP contribution in [0.2, 0.25) is 0 Å². The summed E-state index contributed by atoms with van der Waals surface area (Å²) in [5.41, 5.74) is 1.31. The lowest BCUT2D eigenvalue weighted by Gasteiger charge is -2.19. The Bertz CT molecular complexity index is 836. The lowest BCUT2D eigenvalue weighted by Crippen LogP contribution is -2.31. The number of nitrogens with zero attached hydrogens (tertiary/aromatic N) is 3. The molecule has 7 nitrogen and oxygen atoms in total. The molecule has 3 rings (SSSR count). The highest BCUT2D eigenvalue weighted by Crippen LogP contribution is 2.23. The number of rotatable bonds is 5. The van der Waals surface area contributed by atoms with Crippen LogP contribution in [0.25, 0.3) is 11.0 Å². The van der Waals surface area contributed by atoms with E-state index in [4.69, 9.17) is 5.11 Å². The smallest absolute Gasteiger partial charge is 0.305 e. The molecule has 1 aliphatic rings. The van der Waals surface area contributed by atoms with Crippen LogP contribution >= 0.6 is 0 Å². The number of hydrogen-bond donors (Lipinski definition) is 1. The van der Waals surface area contributed by atoms with Gasteiger partial charge in [-0.1, -0.05) is 12.8 Å². The highest BCUT2D eigenvalue weighted by atomic mass is 32.2. The second-order valence-electron chi connectivity index (χ2n) is 6.05. The number of sulfonamides is 1. The van der Waals surface area contributed by atoms with Crippen LogP contribution in [-0.2, 0) is 21.4 Å². The summed E-state index contributed by atoms with van der Waals surface area (Å²) in [6.07, 6.45) is 5.48. The summed E-state index contributed by atoms with van der Waals surface area (Å²) >= 11 is 0. The second kappa shape index (κ2) is 6.90. The Hall–Kier alpha value is -1.93. The maximum Gasteiger partial charge on any atom is 0.305 e. The normalized spacial score (nSPS) is 17.0. The number of aliphatic carboxylic acids is 1. The Morgan fingerprint density at radius 3 is 2.54 bits per heavy atom. The van der Waals surface area contributed by atoms with Crippen molar-refractivity contribution in [3.8, 4) is 0 Å². The van der Waals surface area contributed by atoms with E-state index in [0.29, 0.717) is 25.2 Å². The average Bonchev–Trinajstić information content (AvgIpc) is 2.76. The van der Waals surface area contributed by atoms with Crippen molar-refractivity contribution in [2.75, 3.05) is 13.1 Å². The third-order valence-electron chi connectivity index (χ3n) is 4.36. The molecule has 0 spiro atoms. The first kappa shape index (κ1) is 16.9. The van der Waals surface area contributed by atoms with E-state index in [1.807, 2.05) is 0 Å². The zero-order valence-electron chi connectivity index (χ0n) is 13.4. The molecule has 0 unspecified atom stereocenters. The highest BCUT2D eigenvalue weighted by Gasteiger charge is 2.25. The van der Waals surface area contributed by atoms with Gasteiger partial charge >= 0.3 is 5.97 Å². The van der Waals surface area contributed by atoms with Gasteiger partial charge in [0.15, 0.2) is 0 Å². The van der Waals surface area contributed by atoms with Crippen LogP contribution in [0.5, 0.6) is 0 Å². The Morgan fingerprint density at radius 2 is 1.88 bits per heavy atom. The minimum absolute atomic E-state index is 0.000707. The number of hydrogen-bond acceptors (Lipinski definition) is 4. The third kappa shape index (κ3) is 3.44. The maximum atomic E-state index is 12.8. The maximum absolute atomic E-state index is 12.8. The number of aromatic nitrogens is 2. The van der Waals surface area contributed by atoms with Gasteiger partial charge in [-0.2, -0.15) is 4.31 Å². The summed E-state index contributed by atoms with van der Waals surface area (Å²) in [4.78, 5) is 15.2. The Balaban J connectivity index is 1.88. The SMILES string of the molecule is O=C(O)CCn1cnc2cc(S(=O)(=O)N3CCCCCC3)ccc21. The first-order valence-electron chi connectivity index (χ1n) is 8.15. The zero-order chi connectivity index (χ0) is 17.2. The van der Waals surface area contributed by atoms with Gasteiger partial charge in [-0.05, 0) is 31.0 Å². The molecule has 0 amide bonds. The monoisotopic (exact) mass is 351 g/mol. The standard InChI is InChI=1S/C16H21N3O4S/c20-16(21)7-10-18-12-17-14-11-13(5-6-15(14)18)24(22,23)19-8-3-1-2-4-9-19/h5-6,11-12H,1-4,7-10H2,(H,20,21). The molecule has 2 heterocycles. The molecule has 1 aromatic carbocycles. The van der Waals surface area contributed by atoms with Crippen LogP contribution in [0.4, 0.5) is 0 Å². The molecule has 2 aromatic rings. The van der Waals surface area contributed by atoms with E-state index in [0.717, 1.165) is 31.2 Å². The van der Waals surface area contributed by atoms with Crippen molar-refractivity contribution in [3.63, 3.8) is 0 Å². The summed E-state index contributed by atoms with van der Waals surface area (Å²) in [6.45, 7) is 1.44. The summed E-state index contributed by atoms with van der Waals surface area (Å²) in [7, 11) is -3.50. The van der Waals surface area contributed by atoms with Gasteiger partial charge in [0.1, 0.15) is 0 Å². The lowest BCUT2D eigenvalue weighted by molar-refractivity contribution is -0.137. The molecule has 1 aliphatic heterocycles. The summed E-state index contributed by atoms with van der Waals surface area (Å²) in [5.74, 6) is -0.878. The minimum Gasteiger partial charge on any atom is -0.481 e. The van der Waals surface area contributed by atoms with Gasteiger partial charge in [-0.25, -0.2) is 13.4 Å². The van der Waals surface area contributed by atoms with Crippen LogP contribution in [0.3, 0.4) is 0 Å². The Morgan fingerprint density at radius 1 is 1.17 bits per heavy atom. The fourth-order valence-corrected chi connectivity index (χ4v) is 4.57. The average molecular weight is 351 g/mol. The van der Waals surface area contributed by atoms with Crippen LogP contribution in [-0.4, -0.2) is 46.4 Å². The van der Waals surface area contributed by atoms with E-state index in [1.165, 1.54) is 0 Å². The molecular formula is C16H21N3O4S. The van der Waals surface area contributed by atoms with Crippen molar-refractivity contribution in [1.82, 2.24) is 13.9 Å². The summed E-state index contributed by atoms with van der Waals surface area (Å²) in [6, 6.07) is 4.86. The van der Waals surface area contributed by atoms with Crippen molar-refractivity contribution >= 4 is 27.0 Å². The number of carbonyl (C=O) groups is 1. The Labute approximate surface area is 141 Å². The molecule has 1 saturated heterocycles. The van der Waals surface area contributed by atoms with E-state index >= 15 is 0 Å². The summed E-state index contributed by atoms with van der Waals surface area (Å²) < 4.78 is 28.9. The van der Waals surface area contributed by atoms with Crippen molar-refractivity contribution in [3.05, 3.63) is 24.5 Å². The minimum atomic E-state index is -3.50.